The SMILES string of the molecule is CCCCC(C)NCC(N)C(N)=O. The molecule has 0 fully saturated rings. The first-order valence-electron chi connectivity index (χ1n) is 4.86. The van der Waals surface area contributed by atoms with Crippen LogP contribution >= 0.6 is 0 Å². The molecule has 4 heteroatoms. The van der Waals surface area contributed by atoms with E-state index in [0.29, 0.717) is 12.6 Å². The summed E-state index contributed by atoms with van der Waals surface area (Å²) in [5.74, 6) is -0.449. The zero-order chi connectivity index (χ0) is 10.3. The van der Waals surface area contributed by atoms with Crippen molar-refractivity contribution in [2.24, 2.45) is 11.5 Å². The van der Waals surface area contributed by atoms with E-state index in [0.717, 1.165) is 6.42 Å². The Kier molecular flexibility index (Phi) is 6.54. The van der Waals surface area contributed by atoms with Gasteiger partial charge in [-0.2, -0.15) is 0 Å². The van der Waals surface area contributed by atoms with Crippen molar-refractivity contribution in [3.8, 4) is 0 Å². The van der Waals surface area contributed by atoms with Gasteiger partial charge in [0, 0.05) is 12.6 Å². The first kappa shape index (κ1) is 12.4. The van der Waals surface area contributed by atoms with E-state index in [2.05, 4.69) is 19.2 Å². The minimum Gasteiger partial charge on any atom is -0.368 e. The average Bonchev–Trinajstić information content (AvgIpc) is 2.10. The van der Waals surface area contributed by atoms with E-state index >= 15 is 0 Å². The zero-order valence-electron chi connectivity index (χ0n) is 8.55. The predicted octanol–water partition coefficient (Wildman–Crippen LogP) is -0.0327. The van der Waals surface area contributed by atoms with Crippen LogP contribution in [0.15, 0.2) is 0 Å². The normalized spacial score (nSPS) is 15.3. The molecule has 78 valence electrons. The quantitative estimate of drug-likeness (QED) is 0.523. The number of nitrogens with one attached hydrogen (secondary N) is 1. The van der Waals surface area contributed by atoms with Gasteiger partial charge in [-0.3, -0.25) is 4.79 Å². The summed E-state index contributed by atoms with van der Waals surface area (Å²) in [7, 11) is 0. The Morgan fingerprint density at radius 1 is 1.54 bits per heavy atom. The van der Waals surface area contributed by atoms with Gasteiger partial charge < -0.3 is 16.8 Å². The fraction of sp³-hybridized carbons (Fsp3) is 0.889. The number of unbranched alkanes of at least 4 members (excludes halogenated alkanes) is 1. The molecule has 0 radical (unpaired) electrons. The van der Waals surface area contributed by atoms with Gasteiger partial charge in [0.15, 0.2) is 0 Å². The Balaban J connectivity index is 3.45. The number of hydrogen-bond donors (Lipinski definition) is 3. The number of primary amides is 1. The number of carbonyl (C=O) groups is 1. The molecule has 0 heterocycles. The highest BCUT2D eigenvalue weighted by Crippen LogP contribution is 1.98. The highest BCUT2D eigenvalue weighted by molar-refractivity contribution is 5.79. The molecule has 0 aliphatic carbocycles. The van der Waals surface area contributed by atoms with Crippen LogP contribution in [0.2, 0.25) is 0 Å². The standard InChI is InChI=1S/C9H21N3O/c1-3-4-5-7(2)12-6-8(10)9(11)13/h7-8,12H,3-6,10H2,1-2H3,(H2,11,13). The van der Waals surface area contributed by atoms with Crippen LogP contribution in [-0.2, 0) is 4.79 Å². The van der Waals surface area contributed by atoms with Crippen molar-refractivity contribution < 1.29 is 4.79 Å². The monoisotopic (exact) mass is 187 g/mol. The van der Waals surface area contributed by atoms with Crippen molar-refractivity contribution in [2.45, 2.75) is 45.2 Å². The molecule has 2 atom stereocenters. The molecule has 0 rings (SSSR count). The van der Waals surface area contributed by atoms with Crippen molar-refractivity contribution in [1.82, 2.24) is 5.32 Å². The second-order valence-electron chi connectivity index (χ2n) is 3.46. The number of carbonyl (C=O) groups excluding carboxylic acids is 1. The zero-order valence-corrected chi connectivity index (χ0v) is 8.55. The summed E-state index contributed by atoms with van der Waals surface area (Å²) in [4.78, 5) is 10.6. The first-order chi connectivity index (χ1) is 6.07. The molecule has 0 spiro atoms. The van der Waals surface area contributed by atoms with Gasteiger partial charge in [0.2, 0.25) is 5.91 Å². The number of rotatable bonds is 7. The van der Waals surface area contributed by atoms with E-state index in [4.69, 9.17) is 11.5 Å². The van der Waals surface area contributed by atoms with Gasteiger partial charge in [-0.25, -0.2) is 0 Å². The Labute approximate surface area is 80.0 Å². The Morgan fingerprint density at radius 2 is 2.15 bits per heavy atom. The molecule has 2 unspecified atom stereocenters. The summed E-state index contributed by atoms with van der Waals surface area (Å²) in [6.45, 7) is 4.71. The Bertz CT molecular complexity index is 150. The van der Waals surface area contributed by atoms with Gasteiger partial charge in [-0.15, -0.1) is 0 Å². The number of amides is 1. The molecule has 0 aliphatic heterocycles. The Morgan fingerprint density at radius 3 is 2.62 bits per heavy atom. The minimum absolute atomic E-state index is 0.408. The van der Waals surface area contributed by atoms with Gasteiger partial charge in [0.05, 0.1) is 6.04 Å². The van der Waals surface area contributed by atoms with Gasteiger partial charge >= 0.3 is 0 Å². The summed E-state index contributed by atoms with van der Waals surface area (Å²) in [6, 6.07) is -0.158. The molecule has 0 aromatic rings. The first-order valence-corrected chi connectivity index (χ1v) is 4.86. The summed E-state index contributed by atoms with van der Waals surface area (Å²) in [5, 5.41) is 3.17. The number of hydrogen-bond acceptors (Lipinski definition) is 3. The second-order valence-corrected chi connectivity index (χ2v) is 3.46. The lowest BCUT2D eigenvalue weighted by molar-refractivity contribution is -0.119. The molecule has 13 heavy (non-hydrogen) atoms. The fourth-order valence-electron chi connectivity index (χ4n) is 1.04. The third-order valence-electron chi connectivity index (χ3n) is 2.04. The van der Waals surface area contributed by atoms with E-state index in [1.54, 1.807) is 0 Å². The smallest absolute Gasteiger partial charge is 0.235 e. The summed E-state index contributed by atoms with van der Waals surface area (Å²) in [5.41, 5.74) is 10.5. The largest absolute Gasteiger partial charge is 0.368 e. The van der Waals surface area contributed by atoms with Gasteiger partial charge in [-0.05, 0) is 13.3 Å². The molecule has 0 aromatic heterocycles. The maximum atomic E-state index is 10.6. The van der Waals surface area contributed by atoms with Crippen molar-refractivity contribution in [3.63, 3.8) is 0 Å². The third kappa shape index (κ3) is 6.54. The lowest BCUT2D eigenvalue weighted by atomic mass is 10.1. The van der Waals surface area contributed by atoms with E-state index in [-0.39, 0.29) is 0 Å². The van der Waals surface area contributed by atoms with Crippen LogP contribution in [0.4, 0.5) is 0 Å². The maximum Gasteiger partial charge on any atom is 0.235 e. The van der Waals surface area contributed by atoms with Crippen LogP contribution in [0, 0.1) is 0 Å². The molecule has 0 aliphatic rings. The van der Waals surface area contributed by atoms with Crippen LogP contribution < -0.4 is 16.8 Å². The van der Waals surface area contributed by atoms with Crippen LogP contribution in [0.1, 0.15) is 33.1 Å². The lowest BCUT2D eigenvalue weighted by Crippen LogP contribution is -2.46. The van der Waals surface area contributed by atoms with Crippen molar-refractivity contribution in [1.29, 1.82) is 0 Å². The molecule has 0 saturated carbocycles. The molecule has 0 bridgehead atoms. The van der Waals surface area contributed by atoms with E-state index in [1.807, 2.05) is 0 Å². The molecule has 1 amide bonds. The highest BCUT2D eigenvalue weighted by Gasteiger charge is 2.09. The third-order valence-corrected chi connectivity index (χ3v) is 2.04. The summed E-state index contributed by atoms with van der Waals surface area (Å²) >= 11 is 0. The van der Waals surface area contributed by atoms with Gasteiger partial charge in [0.1, 0.15) is 0 Å². The summed E-state index contributed by atoms with van der Waals surface area (Å²) < 4.78 is 0. The van der Waals surface area contributed by atoms with Crippen LogP contribution in [-0.4, -0.2) is 24.5 Å². The van der Waals surface area contributed by atoms with Crippen molar-refractivity contribution in [3.05, 3.63) is 0 Å². The second kappa shape index (κ2) is 6.86. The minimum atomic E-state index is -0.566. The topological polar surface area (TPSA) is 81.1 Å². The Hall–Kier alpha value is -0.610. The van der Waals surface area contributed by atoms with Crippen molar-refractivity contribution in [2.75, 3.05) is 6.54 Å². The fourth-order valence-corrected chi connectivity index (χ4v) is 1.04. The van der Waals surface area contributed by atoms with Gasteiger partial charge in [-0.1, -0.05) is 19.8 Å². The molecular weight excluding hydrogens is 166 g/mol. The lowest BCUT2D eigenvalue weighted by Gasteiger charge is -2.15. The van der Waals surface area contributed by atoms with Gasteiger partial charge in [0.25, 0.3) is 0 Å². The average molecular weight is 187 g/mol. The molecule has 5 N–H and O–H groups in total. The van der Waals surface area contributed by atoms with E-state index in [9.17, 15) is 4.79 Å². The molecule has 0 aromatic carbocycles. The van der Waals surface area contributed by atoms with Crippen LogP contribution in [0.3, 0.4) is 0 Å². The number of nitrogens with two attached hydrogens (primary N) is 2. The molecule has 0 saturated heterocycles. The van der Waals surface area contributed by atoms with Crippen LogP contribution in [0.25, 0.3) is 0 Å². The summed E-state index contributed by atoms with van der Waals surface area (Å²) in [6.07, 6.45) is 3.50. The highest BCUT2D eigenvalue weighted by atomic mass is 16.1. The predicted molar refractivity (Wildman–Crippen MR) is 54.2 cm³/mol. The van der Waals surface area contributed by atoms with Crippen LogP contribution in [0.5, 0.6) is 0 Å². The van der Waals surface area contributed by atoms with E-state index < -0.39 is 11.9 Å². The van der Waals surface area contributed by atoms with Crippen molar-refractivity contribution >= 4 is 5.91 Å². The molecule has 4 nitrogen and oxygen atoms in total. The van der Waals surface area contributed by atoms with E-state index in [1.165, 1.54) is 12.8 Å². The molecular formula is C9H21N3O. The maximum absolute atomic E-state index is 10.6.